The number of nitrogens with one attached hydrogen (secondary N) is 1. The highest BCUT2D eigenvalue weighted by Gasteiger charge is 2.07. The van der Waals surface area contributed by atoms with Crippen molar-refractivity contribution >= 4 is 5.91 Å². The number of carbonyl (C=O) groups is 1. The van der Waals surface area contributed by atoms with Gasteiger partial charge in [-0.25, -0.2) is 9.97 Å². The van der Waals surface area contributed by atoms with Crippen LogP contribution in [0.1, 0.15) is 18.3 Å². The summed E-state index contributed by atoms with van der Waals surface area (Å²) in [5.74, 6) is 1.62. The summed E-state index contributed by atoms with van der Waals surface area (Å²) in [6.45, 7) is 3.88. The fourth-order valence-corrected chi connectivity index (χ4v) is 1.61. The first-order valence-corrected chi connectivity index (χ1v) is 5.37. The molecule has 0 aliphatic rings. The highest BCUT2D eigenvalue weighted by Crippen LogP contribution is 2.12. The number of amides is 1. The van der Waals surface area contributed by atoms with Gasteiger partial charge in [-0.3, -0.25) is 9.36 Å². The monoisotopic (exact) mass is 230 g/mol. The van der Waals surface area contributed by atoms with E-state index in [-0.39, 0.29) is 5.91 Å². The summed E-state index contributed by atoms with van der Waals surface area (Å²) in [4.78, 5) is 19.4. The van der Waals surface area contributed by atoms with Crippen LogP contribution < -0.4 is 5.32 Å². The quantitative estimate of drug-likeness (QED) is 0.862. The second kappa shape index (κ2) is 4.78. The molecule has 1 N–H and O–H groups in total. The lowest BCUT2D eigenvalue weighted by molar-refractivity contribution is -0.119. The van der Waals surface area contributed by atoms with Crippen molar-refractivity contribution < 1.29 is 4.79 Å². The first kappa shape index (κ1) is 11.3. The predicted octanol–water partition coefficient (Wildman–Crippen LogP) is 1.21. The van der Waals surface area contributed by atoms with Gasteiger partial charge in [-0.05, 0) is 13.0 Å². The maximum atomic E-state index is 10.9. The Labute approximate surface area is 99.5 Å². The number of hydrogen-bond donors (Lipinski definition) is 1. The lowest BCUT2D eigenvalue weighted by Crippen LogP contribution is -2.20. The number of aromatic nitrogens is 3. The number of aryl methyl sites for hydroxylation is 1. The normalized spacial score (nSPS) is 10.2. The van der Waals surface area contributed by atoms with Gasteiger partial charge in [0.1, 0.15) is 11.6 Å². The molecule has 0 saturated carbocycles. The molecule has 2 rings (SSSR count). The Bertz CT molecular complexity index is 533. The number of imidazole rings is 1. The second-order valence-electron chi connectivity index (χ2n) is 3.74. The Morgan fingerprint density at radius 2 is 2.24 bits per heavy atom. The smallest absolute Gasteiger partial charge is 0.217 e. The highest BCUT2D eigenvalue weighted by atomic mass is 16.1. The Balaban J connectivity index is 2.34. The highest BCUT2D eigenvalue weighted by molar-refractivity contribution is 5.72. The van der Waals surface area contributed by atoms with Crippen molar-refractivity contribution in [2.75, 3.05) is 0 Å². The molecule has 0 bridgehead atoms. The molecule has 2 aromatic heterocycles. The average molecular weight is 230 g/mol. The molecule has 0 fully saturated rings. The van der Waals surface area contributed by atoms with Gasteiger partial charge in [-0.15, -0.1) is 0 Å². The van der Waals surface area contributed by atoms with Crippen molar-refractivity contribution in [3.63, 3.8) is 0 Å². The standard InChI is InChI=1S/C12H14N4O/c1-9-13-6-7-16(9)12-11(4-3-5-14-12)8-15-10(2)17/h3-7H,8H2,1-2H3,(H,15,17). The molecule has 2 heterocycles. The maximum Gasteiger partial charge on any atom is 0.217 e. The number of nitrogens with zero attached hydrogens (tertiary/aromatic N) is 3. The summed E-state index contributed by atoms with van der Waals surface area (Å²) in [7, 11) is 0. The van der Waals surface area contributed by atoms with E-state index in [1.807, 2.05) is 29.8 Å². The van der Waals surface area contributed by atoms with Gasteiger partial charge in [-0.2, -0.15) is 0 Å². The van der Waals surface area contributed by atoms with Crippen LogP contribution in [0.25, 0.3) is 5.82 Å². The molecule has 0 saturated heterocycles. The number of hydrogen-bond acceptors (Lipinski definition) is 3. The summed E-state index contributed by atoms with van der Waals surface area (Å²) < 4.78 is 1.90. The zero-order chi connectivity index (χ0) is 12.3. The molecule has 5 nitrogen and oxygen atoms in total. The predicted molar refractivity (Wildman–Crippen MR) is 63.6 cm³/mol. The SMILES string of the molecule is CC(=O)NCc1cccnc1-n1ccnc1C. The van der Waals surface area contributed by atoms with E-state index < -0.39 is 0 Å². The van der Waals surface area contributed by atoms with E-state index in [9.17, 15) is 4.79 Å². The van der Waals surface area contributed by atoms with Gasteiger partial charge in [0.05, 0.1) is 0 Å². The Morgan fingerprint density at radius 3 is 2.88 bits per heavy atom. The van der Waals surface area contributed by atoms with Gasteiger partial charge < -0.3 is 5.32 Å². The lowest BCUT2D eigenvalue weighted by atomic mass is 10.2. The molecular weight excluding hydrogens is 216 g/mol. The minimum absolute atomic E-state index is 0.0536. The summed E-state index contributed by atoms with van der Waals surface area (Å²) in [6, 6.07) is 3.80. The lowest BCUT2D eigenvalue weighted by Gasteiger charge is -2.10. The van der Waals surface area contributed by atoms with Crippen LogP contribution >= 0.6 is 0 Å². The largest absolute Gasteiger partial charge is 0.352 e. The molecule has 0 radical (unpaired) electrons. The second-order valence-corrected chi connectivity index (χ2v) is 3.74. The maximum absolute atomic E-state index is 10.9. The minimum Gasteiger partial charge on any atom is -0.352 e. The molecule has 88 valence electrons. The van der Waals surface area contributed by atoms with Crippen LogP contribution in [0, 0.1) is 6.92 Å². The van der Waals surface area contributed by atoms with Gasteiger partial charge in [0.25, 0.3) is 0 Å². The van der Waals surface area contributed by atoms with Crippen molar-refractivity contribution in [1.29, 1.82) is 0 Å². The van der Waals surface area contributed by atoms with Crippen molar-refractivity contribution in [3.8, 4) is 5.82 Å². The van der Waals surface area contributed by atoms with Crippen LogP contribution in [0.2, 0.25) is 0 Å². The fraction of sp³-hybridized carbons (Fsp3) is 0.250. The third kappa shape index (κ3) is 2.50. The molecule has 2 aromatic rings. The van der Waals surface area contributed by atoms with E-state index in [2.05, 4.69) is 15.3 Å². The van der Waals surface area contributed by atoms with Crippen LogP contribution in [-0.2, 0) is 11.3 Å². The Morgan fingerprint density at radius 1 is 1.41 bits per heavy atom. The zero-order valence-corrected chi connectivity index (χ0v) is 9.84. The molecule has 0 spiro atoms. The summed E-state index contributed by atoms with van der Waals surface area (Å²) in [5, 5.41) is 2.77. The van der Waals surface area contributed by atoms with Crippen molar-refractivity contribution in [2.45, 2.75) is 20.4 Å². The molecule has 0 aromatic carbocycles. The van der Waals surface area contributed by atoms with E-state index >= 15 is 0 Å². The van der Waals surface area contributed by atoms with Gasteiger partial charge >= 0.3 is 0 Å². The number of rotatable bonds is 3. The van der Waals surface area contributed by atoms with Gasteiger partial charge in [-0.1, -0.05) is 6.07 Å². The van der Waals surface area contributed by atoms with Crippen LogP contribution in [0.15, 0.2) is 30.7 Å². The Kier molecular flexibility index (Phi) is 3.18. The van der Waals surface area contributed by atoms with Crippen LogP contribution in [0.3, 0.4) is 0 Å². The Hall–Kier alpha value is -2.17. The molecule has 0 aliphatic heterocycles. The third-order valence-corrected chi connectivity index (χ3v) is 2.45. The zero-order valence-electron chi connectivity index (χ0n) is 9.84. The average Bonchev–Trinajstić information content (AvgIpc) is 2.73. The molecule has 0 aliphatic carbocycles. The van der Waals surface area contributed by atoms with Crippen molar-refractivity contribution in [3.05, 3.63) is 42.1 Å². The van der Waals surface area contributed by atoms with Gasteiger partial charge in [0.15, 0.2) is 0 Å². The van der Waals surface area contributed by atoms with E-state index in [0.717, 1.165) is 17.2 Å². The first-order valence-electron chi connectivity index (χ1n) is 5.37. The summed E-state index contributed by atoms with van der Waals surface area (Å²) in [6.07, 6.45) is 5.31. The number of pyridine rings is 1. The van der Waals surface area contributed by atoms with Crippen molar-refractivity contribution in [2.24, 2.45) is 0 Å². The first-order chi connectivity index (χ1) is 8.18. The van der Waals surface area contributed by atoms with Crippen molar-refractivity contribution in [1.82, 2.24) is 19.9 Å². The van der Waals surface area contributed by atoms with E-state index in [1.54, 1.807) is 12.4 Å². The number of carbonyl (C=O) groups excluding carboxylic acids is 1. The molecule has 5 heteroatoms. The van der Waals surface area contributed by atoms with E-state index in [4.69, 9.17) is 0 Å². The summed E-state index contributed by atoms with van der Waals surface area (Å²) in [5.41, 5.74) is 0.962. The van der Waals surface area contributed by atoms with Crippen LogP contribution in [-0.4, -0.2) is 20.4 Å². The minimum atomic E-state index is -0.0536. The molecule has 0 unspecified atom stereocenters. The molecular formula is C12H14N4O. The van der Waals surface area contributed by atoms with Gasteiger partial charge in [0.2, 0.25) is 5.91 Å². The van der Waals surface area contributed by atoms with Crippen LogP contribution in [0.5, 0.6) is 0 Å². The fourth-order valence-electron chi connectivity index (χ4n) is 1.61. The topological polar surface area (TPSA) is 59.8 Å². The van der Waals surface area contributed by atoms with Gasteiger partial charge in [0, 0.05) is 37.6 Å². The summed E-state index contributed by atoms with van der Waals surface area (Å²) >= 11 is 0. The van der Waals surface area contributed by atoms with E-state index in [1.165, 1.54) is 6.92 Å². The third-order valence-electron chi connectivity index (χ3n) is 2.45. The molecule has 17 heavy (non-hydrogen) atoms. The molecule has 1 amide bonds. The molecule has 0 atom stereocenters. The van der Waals surface area contributed by atoms with E-state index in [0.29, 0.717) is 6.54 Å². The van der Waals surface area contributed by atoms with Crippen LogP contribution in [0.4, 0.5) is 0 Å².